The van der Waals surface area contributed by atoms with Gasteiger partial charge in [0, 0.05) is 11.1 Å². The molecule has 4 atom stereocenters. The Labute approximate surface area is 171 Å². The van der Waals surface area contributed by atoms with E-state index in [1.165, 1.54) is 89.9 Å². The zero-order valence-electron chi connectivity index (χ0n) is 18.1. The maximum atomic E-state index is 13.4. The van der Waals surface area contributed by atoms with Gasteiger partial charge in [-0.15, -0.1) is 0 Å². The first-order valence-electron chi connectivity index (χ1n) is 12.5. The first-order valence-corrected chi connectivity index (χ1v) is 12.5. The summed E-state index contributed by atoms with van der Waals surface area (Å²) in [5.41, 5.74) is 1.28. The molecule has 0 saturated heterocycles. The van der Waals surface area contributed by atoms with Crippen molar-refractivity contribution in [3.8, 4) is 0 Å². The molecular weight excluding hydrogens is 344 g/mol. The second-order valence-electron chi connectivity index (χ2n) is 12.8. The molecule has 0 spiro atoms. The van der Waals surface area contributed by atoms with Gasteiger partial charge in [0.25, 0.3) is 0 Å². The van der Waals surface area contributed by atoms with Gasteiger partial charge in [0.1, 0.15) is 0 Å². The molecule has 2 amide bonds. The lowest BCUT2D eigenvalue weighted by Crippen LogP contribution is -2.68. The smallest absolute Gasteiger partial charge is 0.315 e. The predicted octanol–water partition coefficient (Wildman–Crippen LogP) is 5.78. The van der Waals surface area contributed by atoms with Crippen molar-refractivity contribution in [1.82, 2.24) is 10.6 Å². The van der Waals surface area contributed by atoms with Gasteiger partial charge in [-0.1, -0.05) is 26.7 Å². The van der Waals surface area contributed by atoms with Gasteiger partial charge >= 0.3 is 6.03 Å². The van der Waals surface area contributed by atoms with Crippen LogP contribution in [0.15, 0.2) is 0 Å². The molecule has 0 heterocycles. The van der Waals surface area contributed by atoms with E-state index in [-0.39, 0.29) is 17.1 Å². The van der Waals surface area contributed by atoms with Crippen LogP contribution in [0, 0.1) is 34.5 Å². The van der Waals surface area contributed by atoms with E-state index in [9.17, 15) is 4.79 Å². The molecule has 0 radical (unpaired) electrons. The summed E-state index contributed by atoms with van der Waals surface area (Å²) < 4.78 is 0. The first-order chi connectivity index (χ1) is 13.4. The summed E-state index contributed by atoms with van der Waals surface area (Å²) in [6, 6.07) is 0.182. The van der Waals surface area contributed by atoms with Gasteiger partial charge in [0.15, 0.2) is 0 Å². The Hall–Kier alpha value is -0.730. The molecule has 0 aromatic rings. The molecule has 156 valence electrons. The van der Waals surface area contributed by atoms with Crippen LogP contribution in [0.5, 0.6) is 0 Å². The molecule has 2 N–H and O–H groups in total. The summed E-state index contributed by atoms with van der Waals surface area (Å²) in [7, 11) is 0. The number of hydrogen-bond acceptors (Lipinski definition) is 1. The predicted molar refractivity (Wildman–Crippen MR) is 112 cm³/mol. The van der Waals surface area contributed by atoms with E-state index in [1.54, 1.807) is 0 Å². The number of rotatable bonds is 4. The number of carbonyl (C=O) groups excluding carboxylic acids is 1. The molecule has 0 aromatic carbocycles. The lowest BCUT2D eigenvalue weighted by atomic mass is 9.46. The normalized spacial score (nSPS) is 55.5. The van der Waals surface area contributed by atoms with Crippen molar-refractivity contribution in [2.45, 2.75) is 115 Å². The largest absolute Gasteiger partial charge is 0.333 e. The van der Waals surface area contributed by atoms with Gasteiger partial charge in [-0.25, -0.2) is 4.79 Å². The molecule has 8 bridgehead atoms. The van der Waals surface area contributed by atoms with Gasteiger partial charge in [0.2, 0.25) is 0 Å². The SMILES string of the molecule is CCC12C[C@H]3C[C@H](C1)CC(NC(=O)NC14C[C@@H]5C[C@H](CC(CC)(C5)C1)C4)(C3)C2. The van der Waals surface area contributed by atoms with Crippen molar-refractivity contribution in [2.24, 2.45) is 34.5 Å². The minimum Gasteiger partial charge on any atom is -0.333 e. The van der Waals surface area contributed by atoms with Crippen molar-refractivity contribution in [3.05, 3.63) is 0 Å². The van der Waals surface area contributed by atoms with E-state index in [1.807, 2.05) is 0 Å². The summed E-state index contributed by atoms with van der Waals surface area (Å²) in [6.45, 7) is 4.78. The van der Waals surface area contributed by atoms with Crippen molar-refractivity contribution in [3.63, 3.8) is 0 Å². The number of nitrogens with one attached hydrogen (secondary N) is 2. The van der Waals surface area contributed by atoms with E-state index in [2.05, 4.69) is 24.5 Å². The fraction of sp³-hybridized carbons (Fsp3) is 0.960. The minimum absolute atomic E-state index is 0.106. The van der Waals surface area contributed by atoms with Gasteiger partial charge < -0.3 is 10.6 Å². The molecule has 3 nitrogen and oxygen atoms in total. The maximum Gasteiger partial charge on any atom is 0.315 e. The Morgan fingerprint density at radius 2 is 1.04 bits per heavy atom. The zero-order valence-corrected chi connectivity index (χ0v) is 18.1. The third kappa shape index (κ3) is 2.63. The number of amides is 2. The average Bonchev–Trinajstić information content (AvgIpc) is 2.58. The van der Waals surface area contributed by atoms with Gasteiger partial charge in [-0.05, 0) is 112 Å². The van der Waals surface area contributed by atoms with Crippen LogP contribution in [0.4, 0.5) is 4.79 Å². The molecule has 8 fully saturated rings. The van der Waals surface area contributed by atoms with Crippen molar-refractivity contribution < 1.29 is 4.79 Å². The molecule has 8 saturated carbocycles. The lowest BCUT2D eigenvalue weighted by molar-refractivity contribution is -0.0857. The van der Waals surface area contributed by atoms with Gasteiger partial charge in [-0.2, -0.15) is 0 Å². The summed E-state index contributed by atoms with van der Waals surface area (Å²) in [6.07, 6.45) is 18.6. The summed E-state index contributed by atoms with van der Waals surface area (Å²) in [4.78, 5) is 13.4. The Morgan fingerprint density at radius 3 is 1.36 bits per heavy atom. The number of urea groups is 1. The molecule has 0 unspecified atom stereocenters. The van der Waals surface area contributed by atoms with Crippen molar-refractivity contribution >= 4 is 6.03 Å². The van der Waals surface area contributed by atoms with Crippen molar-refractivity contribution in [2.75, 3.05) is 0 Å². The van der Waals surface area contributed by atoms with Crippen LogP contribution in [0.2, 0.25) is 0 Å². The average molecular weight is 385 g/mol. The van der Waals surface area contributed by atoms with Crippen LogP contribution in [-0.4, -0.2) is 17.1 Å². The summed E-state index contributed by atoms with van der Waals surface area (Å²) >= 11 is 0. The second kappa shape index (κ2) is 5.70. The van der Waals surface area contributed by atoms with E-state index in [4.69, 9.17) is 0 Å². The number of hydrogen-bond donors (Lipinski definition) is 2. The summed E-state index contributed by atoms with van der Waals surface area (Å²) in [5, 5.41) is 7.28. The van der Waals surface area contributed by atoms with E-state index < -0.39 is 0 Å². The van der Waals surface area contributed by atoms with E-state index in [0.717, 1.165) is 23.7 Å². The highest BCUT2D eigenvalue weighted by Crippen LogP contribution is 2.64. The van der Waals surface area contributed by atoms with Crippen molar-refractivity contribution in [1.29, 1.82) is 0 Å². The standard InChI is InChI=1S/C25H40N2O/c1-3-22-7-17-5-18(8-22)12-24(11-17,15-22)26-21(28)27-25-13-19-6-20(14-25)10-23(4-2,9-19)16-25/h17-20H,3-16H2,1-2H3,(H2,26,27,28)/t17-,18-,19-,20-,22?,23?,24?,25?/m1/s1. The second-order valence-corrected chi connectivity index (χ2v) is 12.8. The molecule has 0 aromatic heterocycles. The Kier molecular flexibility index (Phi) is 3.68. The molecule has 8 aliphatic rings. The highest BCUT2D eigenvalue weighted by molar-refractivity contribution is 5.76. The minimum atomic E-state index is 0.106. The molecule has 8 rings (SSSR count). The molecule has 28 heavy (non-hydrogen) atoms. The van der Waals surface area contributed by atoms with Crippen LogP contribution in [0.1, 0.15) is 104 Å². The van der Waals surface area contributed by atoms with Gasteiger partial charge in [0.05, 0.1) is 0 Å². The molecule has 8 aliphatic carbocycles. The molecular formula is C25H40N2O. The first kappa shape index (κ1) is 18.1. The quantitative estimate of drug-likeness (QED) is 0.633. The Balaban J connectivity index is 1.19. The lowest BCUT2D eigenvalue weighted by Gasteiger charge is -2.63. The topological polar surface area (TPSA) is 41.1 Å². The van der Waals surface area contributed by atoms with Crippen LogP contribution in [0.25, 0.3) is 0 Å². The zero-order chi connectivity index (χ0) is 19.2. The number of carbonyl (C=O) groups is 1. The van der Waals surface area contributed by atoms with Crippen LogP contribution >= 0.6 is 0 Å². The monoisotopic (exact) mass is 384 g/mol. The van der Waals surface area contributed by atoms with Gasteiger partial charge in [-0.3, -0.25) is 0 Å². The summed E-state index contributed by atoms with van der Waals surface area (Å²) in [5.74, 6) is 3.46. The highest BCUT2D eigenvalue weighted by atomic mass is 16.2. The third-order valence-electron chi connectivity index (χ3n) is 10.6. The third-order valence-corrected chi connectivity index (χ3v) is 10.6. The fourth-order valence-electron chi connectivity index (χ4n) is 10.5. The molecule has 3 heteroatoms. The van der Waals surface area contributed by atoms with E-state index in [0.29, 0.717) is 10.8 Å². The van der Waals surface area contributed by atoms with Crippen LogP contribution in [-0.2, 0) is 0 Å². The maximum absolute atomic E-state index is 13.4. The Morgan fingerprint density at radius 1 is 0.679 bits per heavy atom. The van der Waals surface area contributed by atoms with Crippen LogP contribution in [0.3, 0.4) is 0 Å². The Bertz CT molecular complexity index is 600. The highest BCUT2D eigenvalue weighted by Gasteiger charge is 2.59. The molecule has 0 aliphatic heterocycles. The van der Waals surface area contributed by atoms with Crippen LogP contribution < -0.4 is 10.6 Å². The van der Waals surface area contributed by atoms with E-state index >= 15 is 0 Å². The fourth-order valence-corrected chi connectivity index (χ4v) is 10.5.